The number of rotatable bonds is 8. The Morgan fingerprint density at radius 2 is 2.11 bits per heavy atom. The summed E-state index contributed by atoms with van der Waals surface area (Å²) in [5.41, 5.74) is 1.12. The van der Waals surface area contributed by atoms with E-state index >= 15 is 0 Å². The van der Waals surface area contributed by atoms with Gasteiger partial charge in [0, 0.05) is 36.4 Å². The molecule has 0 radical (unpaired) electrons. The molecule has 0 aliphatic carbocycles. The van der Waals surface area contributed by atoms with Gasteiger partial charge in [0.15, 0.2) is 0 Å². The molecule has 0 spiro atoms. The number of nitro groups is 1. The van der Waals surface area contributed by atoms with Gasteiger partial charge in [0.1, 0.15) is 11.5 Å². The number of hydrogen-bond donors (Lipinski definition) is 2. The first-order valence-electron chi connectivity index (χ1n) is 8.44. The van der Waals surface area contributed by atoms with Crippen LogP contribution in [-0.2, 0) is 4.79 Å². The number of hydrogen-bond acceptors (Lipinski definition) is 6. The van der Waals surface area contributed by atoms with E-state index in [1.54, 1.807) is 18.2 Å². The van der Waals surface area contributed by atoms with E-state index in [0.29, 0.717) is 23.5 Å². The van der Waals surface area contributed by atoms with Crippen molar-refractivity contribution in [2.75, 3.05) is 12.4 Å². The lowest BCUT2D eigenvalue weighted by Gasteiger charge is -2.10. The van der Waals surface area contributed by atoms with Crippen molar-refractivity contribution in [3.8, 4) is 11.5 Å². The third kappa shape index (κ3) is 5.53. The molecule has 2 aromatic rings. The van der Waals surface area contributed by atoms with Crippen molar-refractivity contribution in [2.45, 2.75) is 26.2 Å². The van der Waals surface area contributed by atoms with Crippen molar-refractivity contribution in [1.29, 1.82) is 0 Å². The van der Waals surface area contributed by atoms with Crippen LogP contribution in [0.1, 0.15) is 31.7 Å². The van der Waals surface area contributed by atoms with Crippen LogP contribution in [-0.4, -0.2) is 29.3 Å². The molecule has 2 N–H and O–H groups in total. The molecular formula is C19H21N3O5. The third-order valence-corrected chi connectivity index (χ3v) is 3.79. The summed E-state index contributed by atoms with van der Waals surface area (Å²) in [5.74, 6) is 0.238. The Morgan fingerprint density at radius 3 is 2.78 bits per heavy atom. The summed E-state index contributed by atoms with van der Waals surface area (Å²) in [7, 11) is 1.48. The smallest absolute Gasteiger partial charge is 0.270 e. The maximum atomic E-state index is 11.9. The number of ether oxygens (including phenoxy) is 1. The summed E-state index contributed by atoms with van der Waals surface area (Å²) in [5, 5.41) is 23.5. The molecular weight excluding hydrogens is 350 g/mol. The van der Waals surface area contributed by atoms with Gasteiger partial charge < -0.3 is 15.2 Å². The normalized spacial score (nSPS) is 10.7. The van der Waals surface area contributed by atoms with Crippen molar-refractivity contribution in [2.24, 2.45) is 4.99 Å². The van der Waals surface area contributed by atoms with E-state index in [4.69, 9.17) is 4.74 Å². The van der Waals surface area contributed by atoms with E-state index in [9.17, 15) is 20.0 Å². The number of carbonyl (C=O) groups is 1. The Kier molecular flexibility index (Phi) is 6.87. The largest absolute Gasteiger partial charge is 0.507 e. The number of non-ortho nitro benzene ring substituents is 1. The molecule has 27 heavy (non-hydrogen) atoms. The van der Waals surface area contributed by atoms with Crippen molar-refractivity contribution in [3.63, 3.8) is 0 Å². The Hall–Kier alpha value is -3.42. The Morgan fingerprint density at radius 1 is 1.33 bits per heavy atom. The monoisotopic (exact) mass is 371 g/mol. The van der Waals surface area contributed by atoms with Gasteiger partial charge in [-0.05, 0) is 24.6 Å². The van der Waals surface area contributed by atoms with Gasteiger partial charge in [-0.2, -0.15) is 0 Å². The molecule has 0 aliphatic heterocycles. The molecule has 0 aromatic heterocycles. The topological polar surface area (TPSA) is 114 Å². The number of phenols is 1. The van der Waals surface area contributed by atoms with Gasteiger partial charge in [-0.1, -0.05) is 13.3 Å². The predicted molar refractivity (Wildman–Crippen MR) is 103 cm³/mol. The van der Waals surface area contributed by atoms with Crippen LogP contribution >= 0.6 is 0 Å². The van der Waals surface area contributed by atoms with Gasteiger partial charge >= 0.3 is 0 Å². The number of phenolic OH excluding ortho intramolecular Hbond substituents is 1. The minimum absolute atomic E-state index is 0.0899. The highest BCUT2D eigenvalue weighted by Gasteiger charge is 2.10. The zero-order chi connectivity index (χ0) is 19.8. The standard InChI is InChI=1S/C19H21N3O5/c1-3-4-5-19(24)21-16-8-6-14(11-18(16)27-2)20-12-13-10-15(22(25)26)7-9-17(13)23/h6-12,23H,3-5H2,1-2H3,(H,21,24). The molecule has 8 nitrogen and oxygen atoms in total. The average molecular weight is 371 g/mol. The van der Waals surface area contributed by atoms with Crippen LogP contribution in [0.3, 0.4) is 0 Å². The summed E-state index contributed by atoms with van der Waals surface area (Å²) < 4.78 is 5.29. The second kappa shape index (κ2) is 9.33. The molecule has 2 rings (SSSR count). The SMILES string of the molecule is CCCCC(=O)Nc1ccc(N=Cc2cc([N+](=O)[O-])ccc2O)cc1OC. The number of anilines is 1. The Balaban J connectivity index is 2.20. The first-order chi connectivity index (χ1) is 12.9. The first-order valence-corrected chi connectivity index (χ1v) is 8.44. The highest BCUT2D eigenvalue weighted by Crippen LogP contribution is 2.30. The minimum atomic E-state index is -0.546. The molecule has 0 atom stereocenters. The zero-order valence-electron chi connectivity index (χ0n) is 15.1. The number of nitrogens with one attached hydrogen (secondary N) is 1. The minimum Gasteiger partial charge on any atom is -0.507 e. The number of carbonyl (C=O) groups excluding carboxylic acids is 1. The first kappa shape index (κ1) is 19.9. The van der Waals surface area contributed by atoms with E-state index in [1.165, 1.54) is 31.5 Å². The van der Waals surface area contributed by atoms with Gasteiger partial charge in [-0.25, -0.2) is 0 Å². The quantitative estimate of drug-likeness (QED) is 0.410. The van der Waals surface area contributed by atoms with Gasteiger partial charge in [0.2, 0.25) is 5.91 Å². The predicted octanol–water partition coefficient (Wildman–Crippen LogP) is 4.19. The van der Waals surface area contributed by atoms with Gasteiger partial charge in [0.25, 0.3) is 5.69 Å². The van der Waals surface area contributed by atoms with Crippen LogP contribution in [0.4, 0.5) is 17.1 Å². The van der Waals surface area contributed by atoms with Crippen LogP contribution in [0.5, 0.6) is 11.5 Å². The van der Waals surface area contributed by atoms with E-state index in [1.807, 2.05) is 6.92 Å². The average Bonchev–Trinajstić information content (AvgIpc) is 2.66. The number of benzene rings is 2. The highest BCUT2D eigenvalue weighted by atomic mass is 16.6. The van der Waals surface area contributed by atoms with Crippen molar-refractivity contribution >= 4 is 29.2 Å². The summed E-state index contributed by atoms with van der Waals surface area (Å²) in [4.78, 5) is 26.4. The molecule has 2 aromatic carbocycles. The van der Waals surface area contributed by atoms with Gasteiger partial charge in [-0.3, -0.25) is 19.9 Å². The maximum Gasteiger partial charge on any atom is 0.270 e. The molecule has 0 fully saturated rings. The van der Waals surface area contributed by atoms with Gasteiger partial charge in [0.05, 0.1) is 23.4 Å². The van der Waals surface area contributed by atoms with Crippen LogP contribution in [0.25, 0.3) is 0 Å². The summed E-state index contributed by atoms with van der Waals surface area (Å²) >= 11 is 0. The van der Waals surface area contributed by atoms with E-state index in [2.05, 4.69) is 10.3 Å². The van der Waals surface area contributed by atoms with E-state index in [-0.39, 0.29) is 22.9 Å². The van der Waals surface area contributed by atoms with Crippen molar-refractivity contribution < 1.29 is 19.6 Å². The van der Waals surface area contributed by atoms with E-state index < -0.39 is 4.92 Å². The summed E-state index contributed by atoms with van der Waals surface area (Å²) in [6.07, 6.45) is 3.51. The lowest BCUT2D eigenvalue weighted by Crippen LogP contribution is -2.11. The molecule has 8 heteroatoms. The molecule has 0 bridgehead atoms. The molecule has 1 amide bonds. The van der Waals surface area contributed by atoms with Gasteiger partial charge in [-0.15, -0.1) is 0 Å². The van der Waals surface area contributed by atoms with Crippen LogP contribution in [0.15, 0.2) is 41.4 Å². The number of unbranched alkanes of at least 4 members (excludes halogenated alkanes) is 1. The Bertz CT molecular complexity index is 864. The number of amides is 1. The number of aliphatic imine (C=N–C) groups is 1. The summed E-state index contributed by atoms with van der Waals surface area (Å²) in [6, 6.07) is 8.66. The number of methoxy groups -OCH3 is 1. The van der Waals surface area contributed by atoms with Crippen LogP contribution in [0, 0.1) is 10.1 Å². The fraction of sp³-hybridized carbons (Fsp3) is 0.263. The Labute approximate surface area is 156 Å². The fourth-order valence-corrected chi connectivity index (χ4v) is 2.32. The summed E-state index contributed by atoms with van der Waals surface area (Å²) in [6.45, 7) is 2.01. The molecule has 0 saturated carbocycles. The molecule has 0 saturated heterocycles. The highest BCUT2D eigenvalue weighted by molar-refractivity contribution is 5.93. The lowest BCUT2D eigenvalue weighted by molar-refractivity contribution is -0.384. The van der Waals surface area contributed by atoms with Crippen molar-refractivity contribution in [3.05, 3.63) is 52.1 Å². The third-order valence-electron chi connectivity index (χ3n) is 3.79. The number of nitro benzene ring substituents is 1. The zero-order valence-corrected chi connectivity index (χ0v) is 15.1. The molecule has 0 heterocycles. The van der Waals surface area contributed by atoms with Crippen molar-refractivity contribution in [1.82, 2.24) is 0 Å². The number of nitrogens with zero attached hydrogens (tertiary/aromatic N) is 2. The number of aromatic hydroxyl groups is 1. The van der Waals surface area contributed by atoms with E-state index in [0.717, 1.165) is 12.8 Å². The molecule has 142 valence electrons. The fourth-order valence-electron chi connectivity index (χ4n) is 2.32. The molecule has 0 unspecified atom stereocenters. The van der Waals surface area contributed by atoms with Crippen LogP contribution < -0.4 is 10.1 Å². The second-order valence-electron chi connectivity index (χ2n) is 5.79. The van der Waals surface area contributed by atoms with Crippen LogP contribution in [0.2, 0.25) is 0 Å². The molecule has 0 aliphatic rings. The maximum absolute atomic E-state index is 11.9. The second-order valence-corrected chi connectivity index (χ2v) is 5.79. The lowest BCUT2D eigenvalue weighted by atomic mass is 10.2.